The standard InChI is InChI=1S/C23H22N2O7S/c1-29-18-10-17(11-19(12-18)30-2)25-23(26)16-4-3-5-20(9-16)33(27,28)24-13-15-6-7-21-22(8-15)32-14-31-21/h3-12,24H,13-14H2,1-2H3,(H,25,26). The predicted octanol–water partition coefficient (Wildman–Crippen LogP) is 3.16. The van der Waals surface area contributed by atoms with Crippen LogP contribution in [0.3, 0.4) is 0 Å². The van der Waals surface area contributed by atoms with Gasteiger partial charge in [-0.3, -0.25) is 4.79 Å². The van der Waals surface area contributed by atoms with E-state index in [2.05, 4.69) is 10.0 Å². The first-order chi connectivity index (χ1) is 15.9. The summed E-state index contributed by atoms with van der Waals surface area (Å²) in [6.07, 6.45) is 0. The second-order valence-corrected chi connectivity index (χ2v) is 8.86. The van der Waals surface area contributed by atoms with Gasteiger partial charge in [0.05, 0.1) is 19.1 Å². The fourth-order valence-corrected chi connectivity index (χ4v) is 4.26. The van der Waals surface area contributed by atoms with Crippen LogP contribution >= 0.6 is 0 Å². The Morgan fingerprint density at radius 1 is 0.939 bits per heavy atom. The van der Waals surface area contributed by atoms with Gasteiger partial charge >= 0.3 is 0 Å². The lowest BCUT2D eigenvalue weighted by Gasteiger charge is -2.11. The zero-order chi connectivity index (χ0) is 23.4. The molecule has 172 valence electrons. The van der Waals surface area contributed by atoms with Gasteiger partial charge in [0.15, 0.2) is 11.5 Å². The summed E-state index contributed by atoms with van der Waals surface area (Å²) in [6.45, 7) is 0.195. The van der Waals surface area contributed by atoms with Gasteiger partial charge in [0, 0.05) is 36.0 Å². The third kappa shape index (κ3) is 5.18. The molecule has 0 saturated heterocycles. The van der Waals surface area contributed by atoms with E-state index >= 15 is 0 Å². The van der Waals surface area contributed by atoms with Crippen LogP contribution in [-0.2, 0) is 16.6 Å². The minimum Gasteiger partial charge on any atom is -0.497 e. The van der Waals surface area contributed by atoms with Crippen molar-refractivity contribution in [2.45, 2.75) is 11.4 Å². The fraction of sp³-hybridized carbons (Fsp3) is 0.174. The number of hydrogen-bond donors (Lipinski definition) is 2. The second kappa shape index (κ2) is 9.39. The highest BCUT2D eigenvalue weighted by molar-refractivity contribution is 7.89. The van der Waals surface area contributed by atoms with Crippen LogP contribution in [0.15, 0.2) is 65.6 Å². The highest BCUT2D eigenvalue weighted by Gasteiger charge is 2.18. The van der Waals surface area contributed by atoms with Crippen LogP contribution in [0.4, 0.5) is 5.69 Å². The van der Waals surface area contributed by atoms with Crippen molar-refractivity contribution in [2.75, 3.05) is 26.3 Å². The minimum atomic E-state index is -3.86. The molecule has 1 amide bonds. The van der Waals surface area contributed by atoms with E-state index in [1.54, 1.807) is 36.4 Å². The van der Waals surface area contributed by atoms with Crippen LogP contribution in [0, 0.1) is 0 Å². The lowest BCUT2D eigenvalue weighted by Crippen LogP contribution is -2.23. The molecule has 0 saturated carbocycles. The van der Waals surface area contributed by atoms with Gasteiger partial charge in [0.1, 0.15) is 11.5 Å². The zero-order valence-corrected chi connectivity index (χ0v) is 18.8. The largest absolute Gasteiger partial charge is 0.497 e. The molecular formula is C23H22N2O7S. The van der Waals surface area contributed by atoms with Crippen molar-refractivity contribution in [3.05, 3.63) is 71.8 Å². The summed E-state index contributed by atoms with van der Waals surface area (Å²) < 4.78 is 49.1. The highest BCUT2D eigenvalue weighted by atomic mass is 32.2. The van der Waals surface area contributed by atoms with Gasteiger partial charge in [-0.2, -0.15) is 0 Å². The van der Waals surface area contributed by atoms with Crippen molar-refractivity contribution < 1.29 is 32.2 Å². The summed E-state index contributed by atoms with van der Waals surface area (Å²) >= 11 is 0. The molecule has 0 bridgehead atoms. The molecule has 10 heteroatoms. The number of anilines is 1. The molecule has 1 aliphatic heterocycles. The number of benzene rings is 3. The Morgan fingerprint density at radius 3 is 2.39 bits per heavy atom. The lowest BCUT2D eigenvalue weighted by molar-refractivity contribution is 0.102. The molecule has 0 fully saturated rings. The van der Waals surface area contributed by atoms with Crippen molar-refractivity contribution in [3.8, 4) is 23.0 Å². The van der Waals surface area contributed by atoms with Gasteiger partial charge in [-0.1, -0.05) is 12.1 Å². The molecule has 0 unspecified atom stereocenters. The molecule has 0 spiro atoms. The monoisotopic (exact) mass is 470 g/mol. The van der Waals surface area contributed by atoms with Crippen LogP contribution in [0.5, 0.6) is 23.0 Å². The quantitative estimate of drug-likeness (QED) is 0.520. The SMILES string of the molecule is COc1cc(NC(=O)c2cccc(S(=O)(=O)NCc3ccc4c(c3)OCO4)c2)cc(OC)c1. The van der Waals surface area contributed by atoms with E-state index in [0.29, 0.717) is 34.2 Å². The van der Waals surface area contributed by atoms with Gasteiger partial charge in [-0.05, 0) is 35.9 Å². The molecule has 9 nitrogen and oxygen atoms in total. The topological polar surface area (TPSA) is 112 Å². The van der Waals surface area contributed by atoms with Crippen LogP contribution in [0.25, 0.3) is 0 Å². The Balaban J connectivity index is 1.48. The highest BCUT2D eigenvalue weighted by Crippen LogP contribution is 2.32. The summed E-state index contributed by atoms with van der Waals surface area (Å²) in [5.74, 6) is 1.73. The second-order valence-electron chi connectivity index (χ2n) is 7.10. The van der Waals surface area contributed by atoms with E-state index in [4.69, 9.17) is 18.9 Å². The van der Waals surface area contributed by atoms with E-state index in [-0.39, 0.29) is 23.8 Å². The number of fused-ring (bicyclic) bond motifs is 1. The summed E-state index contributed by atoms with van der Waals surface area (Å²) in [6, 6.07) is 15.9. The van der Waals surface area contributed by atoms with E-state index in [1.807, 2.05) is 0 Å². The van der Waals surface area contributed by atoms with Gasteiger partial charge in [0.25, 0.3) is 5.91 Å². The van der Waals surface area contributed by atoms with Crippen molar-refractivity contribution in [1.82, 2.24) is 4.72 Å². The van der Waals surface area contributed by atoms with Crippen molar-refractivity contribution >= 4 is 21.6 Å². The van der Waals surface area contributed by atoms with Crippen LogP contribution in [-0.4, -0.2) is 35.3 Å². The van der Waals surface area contributed by atoms with E-state index in [0.717, 1.165) is 0 Å². The molecule has 0 radical (unpaired) electrons. The fourth-order valence-electron chi connectivity index (χ4n) is 3.20. The summed E-state index contributed by atoms with van der Waals surface area (Å²) in [5, 5.41) is 2.73. The summed E-state index contributed by atoms with van der Waals surface area (Å²) in [4.78, 5) is 12.7. The van der Waals surface area contributed by atoms with E-state index in [9.17, 15) is 13.2 Å². The van der Waals surface area contributed by atoms with Gasteiger partial charge in [-0.15, -0.1) is 0 Å². The zero-order valence-electron chi connectivity index (χ0n) is 18.0. The Morgan fingerprint density at radius 2 is 1.67 bits per heavy atom. The third-order valence-corrected chi connectivity index (χ3v) is 6.32. The molecule has 1 aliphatic rings. The number of carbonyl (C=O) groups excluding carboxylic acids is 1. The minimum absolute atomic E-state index is 0.0286. The number of sulfonamides is 1. The van der Waals surface area contributed by atoms with E-state index < -0.39 is 15.9 Å². The first kappa shape index (κ1) is 22.4. The summed E-state index contributed by atoms with van der Waals surface area (Å²) in [7, 11) is -0.854. The molecular weight excluding hydrogens is 448 g/mol. The molecule has 2 N–H and O–H groups in total. The first-order valence-corrected chi connectivity index (χ1v) is 11.4. The number of rotatable bonds is 8. The van der Waals surface area contributed by atoms with Crippen molar-refractivity contribution in [2.24, 2.45) is 0 Å². The van der Waals surface area contributed by atoms with Gasteiger partial charge in [0.2, 0.25) is 16.8 Å². The van der Waals surface area contributed by atoms with Gasteiger partial charge < -0.3 is 24.3 Å². The Bertz CT molecular complexity index is 1270. The van der Waals surface area contributed by atoms with E-state index in [1.165, 1.54) is 38.5 Å². The first-order valence-electron chi connectivity index (χ1n) is 9.90. The predicted molar refractivity (Wildman–Crippen MR) is 121 cm³/mol. The Kier molecular flexibility index (Phi) is 6.38. The lowest BCUT2D eigenvalue weighted by atomic mass is 10.2. The third-order valence-electron chi connectivity index (χ3n) is 4.92. The van der Waals surface area contributed by atoms with Crippen molar-refractivity contribution in [1.29, 1.82) is 0 Å². The molecule has 3 aromatic rings. The number of methoxy groups -OCH3 is 2. The molecule has 0 aliphatic carbocycles. The molecule has 0 aromatic heterocycles. The van der Waals surface area contributed by atoms with Crippen molar-refractivity contribution in [3.63, 3.8) is 0 Å². The van der Waals surface area contributed by atoms with Crippen LogP contribution in [0.2, 0.25) is 0 Å². The number of ether oxygens (including phenoxy) is 4. The maximum atomic E-state index is 12.8. The molecule has 4 rings (SSSR count). The Hall–Kier alpha value is -3.76. The molecule has 1 heterocycles. The molecule has 0 atom stereocenters. The number of hydrogen-bond acceptors (Lipinski definition) is 7. The molecule has 3 aromatic carbocycles. The maximum Gasteiger partial charge on any atom is 0.255 e. The number of amides is 1. The average Bonchev–Trinajstić information content (AvgIpc) is 3.30. The van der Waals surface area contributed by atoms with Crippen LogP contribution in [0.1, 0.15) is 15.9 Å². The van der Waals surface area contributed by atoms with Gasteiger partial charge in [-0.25, -0.2) is 13.1 Å². The summed E-state index contributed by atoms with van der Waals surface area (Å²) in [5.41, 5.74) is 1.34. The normalized spacial score (nSPS) is 12.3. The average molecular weight is 471 g/mol. The van der Waals surface area contributed by atoms with Crippen LogP contribution < -0.4 is 29.0 Å². The maximum absolute atomic E-state index is 12.8. The Labute approximate surface area is 191 Å². The smallest absolute Gasteiger partial charge is 0.255 e. The number of nitrogens with one attached hydrogen (secondary N) is 2. The number of carbonyl (C=O) groups is 1. The molecule has 33 heavy (non-hydrogen) atoms.